The quantitative estimate of drug-likeness (QED) is 0.500. The molecular formula is C7H15NO. The van der Waals surface area contributed by atoms with Crippen LogP contribution in [0.5, 0.6) is 0 Å². The van der Waals surface area contributed by atoms with E-state index in [0.29, 0.717) is 5.92 Å². The second-order valence-electron chi connectivity index (χ2n) is 3.15. The van der Waals surface area contributed by atoms with E-state index in [9.17, 15) is 5.11 Å². The fraction of sp³-hybridized carbons (Fsp3) is 1.00. The Morgan fingerprint density at radius 1 is 1.44 bits per heavy atom. The maximum absolute atomic E-state index is 9.17. The van der Waals surface area contributed by atoms with Crippen molar-refractivity contribution in [1.29, 1.82) is 0 Å². The second kappa shape index (κ2) is 2.67. The molecule has 0 aromatic carbocycles. The largest absolute Gasteiger partial charge is 0.392 e. The van der Waals surface area contributed by atoms with Crippen LogP contribution in [0.4, 0.5) is 0 Å². The van der Waals surface area contributed by atoms with E-state index in [4.69, 9.17) is 5.73 Å². The second-order valence-corrected chi connectivity index (χ2v) is 3.15. The molecule has 0 bridgehead atoms. The molecule has 2 nitrogen and oxygen atoms in total. The molecule has 0 amide bonds. The van der Waals surface area contributed by atoms with Crippen molar-refractivity contribution in [3.8, 4) is 0 Å². The van der Waals surface area contributed by atoms with Gasteiger partial charge in [-0.1, -0.05) is 6.92 Å². The Morgan fingerprint density at radius 2 is 2.11 bits per heavy atom. The average molecular weight is 129 g/mol. The SMILES string of the molecule is C[C@H]1CC[C@H](O)[C@H](N)C1. The lowest BCUT2D eigenvalue weighted by Crippen LogP contribution is -2.39. The van der Waals surface area contributed by atoms with Gasteiger partial charge in [-0.25, -0.2) is 0 Å². The Balaban J connectivity index is 2.35. The molecule has 1 rings (SSSR count). The minimum absolute atomic E-state index is 0.0359. The van der Waals surface area contributed by atoms with E-state index in [1.54, 1.807) is 0 Å². The standard InChI is InChI=1S/C7H15NO/c1-5-2-3-7(9)6(8)4-5/h5-7,9H,2-4,8H2,1H3/t5-,6+,7-/m0/s1. The van der Waals surface area contributed by atoms with Gasteiger partial charge in [0.2, 0.25) is 0 Å². The Morgan fingerprint density at radius 3 is 2.56 bits per heavy atom. The highest BCUT2D eigenvalue weighted by atomic mass is 16.3. The third-order valence-corrected chi connectivity index (χ3v) is 2.12. The van der Waals surface area contributed by atoms with Gasteiger partial charge in [0.1, 0.15) is 0 Å². The Hall–Kier alpha value is -0.0800. The third kappa shape index (κ3) is 1.66. The van der Waals surface area contributed by atoms with Crippen molar-refractivity contribution in [2.45, 2.75) is 38.3 Å². The third-order valence-electron chi connectivity index (χ3n) is 2.12. The van der Waals surface area contributed by atoms with Crippen molar-refractivity contribution in [3.05, 3.63) is 0 Å². The summed E-state index contributed by atoms with van der Waals surface area (Å²) in [7, 11) is 0. The normalized spacial score (nSPS) is 45.0. The van der Waals surface area contributed by atoms with Crippen LogP contribution in [0.15, 0.2) is 0 Å². The zero-order chi connectivity index (χ0) is 6.85. The predicted molar refractivity (Wildman–Crippen MR) is 37.0 cm³/mol. The van der Waals surface area contributed by atoms with Gasteiger partial charge < -0.3 is 10.8 Å². The highest BCUT2D eigenvalue weighted by Crippen LogP contribution is 2.22. The van der Waals surface area contributed by atoms with E-state index in [-0.39, 0.29) is 12.1 Å². The van der Waals surface area contributed by atoms with Crippen LogP contribution in [0.2, 0.25) is 0 Å². The Labute approximate surface area is 56.1 Å². The summed E-state index contributed by atoms with van der Waals surface area (Å²) in [4.78, 5) is 0. The van der Waals surface area contributed by atoms with Gasteiger partial charge in [-0.15, -0.1) is 0 Å². The molecule has 2 heteroatoms. The number of hydrogen-bond acceptors (Lipinski definition) is 2. The van der Waals surface area contributed by atoms with Crippen molar-refractivity contribution < 1.29 is 5.11 Å². The fourth-order valence-electron chi connectivity index (χ4n) is 1.41. The van der Waals surface area contributed by atoms with Crippen LogP contribution in [-0.2, 0) is 0 Å². The first kappa shape index (κ1) is 7.03. The molecule has 1 aliphatic rings. The summed E-state index contributed by atoms with van der Waals surface area (Å²) in [6.07, 6.45) is 2.78. The molecule has 0 aliphatic heterocycles. The van der Waals surface area contributed by atoms with Gasteiger partial charge in [-0.3, -0.25) is 0 Å². The molecule has 1 fully saturated rings. The lowest BCUT2D eigenvalue weighted by Gasteiger charge is -2.28. The average Bonchev–Trinajstić information content (AvgIpc) is 1.80. The molecular weight excluding hydrogens is 114 g/mol. The van der Waals surface area contributed by atoms with E-state index in [0.717, 1.165) is 19.3 Å². The summed E-state index contributed by atoms with van der Waals surface area (Å²) < 4.78 is 0. The number of hydrogen-bond donors (Lipinski definition) is 2. The van der Waals surface area contributed by atoms with E-state index in [1.807, 2.05) is 0 Å². The molecule has 0 aromatic rings. The van der Waals surface area contributed by atoms with Crippen molar-refractivity contribution in [1.82, 2.24) is 0 Å². The van der Waals surface area contributed by atoms with Crippen LogP contribution >= 0.6 is 0 Å². The molecule has 1 aliphatic carbocycles. The minimum Gasteiger partial charge on any atom is -0.392 e. The first-order valence-corrected chi connectivity index (χ1v) is 3.64. The van der Waals surface area contributed by atoms with E-state index >= 15 is 0 Å². The van der Waals surface area contributed by atoms with Gasteiger partial charge in [0.25, 0.3) is 0 Å². The molecule has 0 heterocycles. The summed E-state index contributed by atoms with van der Waals surface area (Å²) in [5.41, 5.74) is 5.62. The summed E-state index contributed by atoms with van der Waals surface area (Å²) in [6.45, 7) is 2.19. The van der Waals surface area contributed by atoms with Crippen LogP contribution in [0.1, 0.15) is 26.2 Å². The minimum atomic E-state index is -0.235. The van der Waals surface area contributed by atoms with E-state index < -0.39 is 0 Å². The predicted octanol–water partition coefficient (Wildman–Crippen LogP) is 0.495. The summed E-state index contributed by atoms with van der Waals surface area (Å²) in [5.74, 6) is 0.711. The lowest BCUT2D eigenvalue weighted by molar-refractivity contribution is 0.0906. The van der Waals surface area contributed by atoms with Gasteiger partial charge in [0.15, 0.2) is 0 Å². The molecule has 3 atom stereocenters. The van der Waals surface area contributed by atoms with Crippen molar-refractivity contribution >= 4 is 0 Å². The number of rotatable bonds is 0. The smallest absolute Gasteiger partial charge is 0.0691 e. The highest BCUT2D eigenvalue weighted by molar-refractivity contribution is 4.79. The zero-order valence-corrected chi connectivity index (χ0v) is 5.88. The van der Waals surface area contributed by atoms with Crippen LogP contribution in [0.3, 0.4) is 0 Å². The first-order chi connectivity index (χ1) is 4.20. The molecule has 0 aromatic heterocycles. The summed E-state index contributed by atoms with van der Waals surface area (Å²) >= 11 is 0. The number of aliphatic hydroxyl groups excluding tert-OH is 1. The summed E-state index contributed by atoms with van der Waals surface area (Å²) in [5, 5.41) is 9.17. The monoisotopic (exact) mass is 129 g/mol. The Kier molecular flexibility index (Phi) is 2.09. The topological polar surface area (TPSA) is 46.2 Å². The highest BCUT2D eigenvalue weighted by Gasteiger charge is 2.23. The maximum atomic E-state index is 9.17. The van der Waals surface area contributed by atoms with Gasteiger partial charge >= 0.3 is 0 Å². The molecule has 0 radical (unpaired) electrons. The van der Waals surface area contributed by atoms with Gasteiger partial charge in [0, 0.05) is 6.04 Å². The molecule has 3 N–H and O–H groups in total. The van der Waals surface area contributed by atoms with Crippen LogP contribution < -0.4 is 5.73 Å². The molecule has 54 valence electrons. The summed E-state index contributed by atoms with van der Waals surface area (Å²) in [6, 6.07) is 0.0359. The van der Waals surface area contributed by atoms with Crippen molar-refractivity contribution in [2.75, 3.05) is 0 Å². The molecule has 0 saturated heterocycles. The van der Waals surface area contributed by atoms with Gasteiger partial charge in [0.05, 0.1) is 6.10 Å². The van der Waals surface area contributed by atoms with Gasteiger partial charge in [-0.05, 0) is 25.2 Å². The first-order valence-electron chi connectivity index (χ1n) is 3.64. The molecule has 1 saturated carbocycles. The molecule has 0 unspecified atom stereocenters. The number of aliphatic hydroxyl groups is 1. The van der Waals surface area contributed by atoms with E-state index in [2.05, 4.69) is 6.92 Å². The number of nitrogens with two attached hydrogens (primary N) is 1. The Bertz CT molecular complexity index is 94.9. The lowest BCUT2D eigenvalue weighted by atomic mass is 9.86. The molecule has 0 spiro atoms. The fourth-order valence-corrected chi connectivity index (χ4v) is 1.41. The van der Waals surface area contributed by atoms with Crippen LogP contribution in [0, 0.1) is 5.92 Å². The zero-order valence-electron chi connectivity index (χ0n) is 5.88. The van der Waals surface area contributed by atoms with Crippen LogP contribution in [-0.4, -0.2) is 17.3 Å². The van der Waals surface area contributed by atoms with Crippen molar-refractivity contribution in [2.24, 2.45) is 11.7 Å². The molecule has 9 heavy (non-hydrogen) atoms. The van der Waals surface area contributed by atoms with E-state index in [1.165, 1.54) is 0 Å². The van der Waals surface area contributed by atoms with Crippen LogP contribution in [0.25, 0.3) is 0 Å². The maximum Gasteiger partial charge on any atom is 0.0691 e. The van der Waals surface area contributed by atoms with Crippen molar-refractivity contribution in [3.63, 3.8) is 0 Å². The van der Waals surface area contributed by atoms with Gasteiger partial charge in [-0.2, -0.15) is 0 Å².